The fourth-order valence-electron chi connectivity index (χ4n) is 2.99. The molecule has 1 heterocycles. The first-order chi connectivity index (χ1) is 11.0. The number of nitrogens with zero attached hydrogens (tertiary/aromatic N) is 1. The van der Waals surface area contributed by atoms with Gasteiger partial charge in [0.05, 0.1) is 6.54 Å². The van der Waals surface area contributed by atoms with E-state index in [-0.39, 0.29) is 12.6 Å². The molecule has 1 aromatic heterocycles. The van der Waals surface area contributed by atoms with Crippen LogP contribution in [0, 0.1) is 13.8 Å². The van der Waals surface area contributed by atoms with Crippen molar-refractivity contribution >= 4 is 6.03 Å². The third-order valence-corrected chi connectivity index (χ3v) is 4.20. The summed E-state index contributed by atoms with van der Waals surface area (Å²) in [7, 11) is 0. The van der Waals surface area contributed by atoms with E-state index < -0.39 is 5.60 Å². The minimum atomic E-state index is -1.17. The molecule has 6 nitrogen and oxygen atoms in total. The minimum Gasteiger partial charge on any atom is -0.466 e. The van der Waals surface area contributed by atoms with Gasteiger partial charge in [-0.05, 0) is 54.5 Å². The highest BCUT2D eigenvalue weighted by molar-refractivity contribution is 5.73. The highest BCUT2D eigenvalue weighted by Crippen LogP contribution is 2.26. The van der Waals surface area contributed by atoms with E-state index in [1.807, 2.05) is 13.8 Å². The van der Waals surface area contributed by atoms with E-state index in [1.165, 1.54) is 0 Å². The van der Waals surface area contributed by atoms with Gasteiger partial charge in [0.25, 0.3) is 0 Å². The molecule has 6 heteroatoms. The minimum absolute atomic E-state index is 0.122. The largest absolute Gasteiger partial charge is 0.466 e. The SMILES string of the molecule is Cc1cc(C(C)(O)CNC(=O)NCCN(C(C)C)C(C)C)c(C)o1. The summed E-state index contributed by atoms with van der Waals surface area (Å²) in [6, 6.07) is 2.39. The van der Waals surface area contributed by atoms with Crippen LogP contribution in [0.4, 0.5) is 4.79 Å². The molecule has 0 fully saturated rings. The van der Waals surface area contributed by atoms with Crippen molar-refractivity contribution in [2.75, 3.05) is 19.6 Å². The maximum Gasteiger partial charge on any atom is 0.314 e. The van der Waals surface area contributed by atoms with Gasteiger partial charge in [0.2, 0.25) is 0 Å². The number of carbonyl (C=O) groups is 1. The maximum atomic E-state index is 12.0. The van der Waals surface area contributed by atoms with Crippen molar-refractivity contribution in [3.63, 3.8) is 0 Å². The average Bonchev–Trinajstić information content (AvgIpc) is 2.80. The zero-order chi connectivity index (χ0) is 18.5. The average molecular weight is 339 g/mol. The molecule has 0 radical (unpaired) electrons. The second-order valence-electron chi connectivity index (χ2n) is 7.14. The van der Waals surface area contributed by atoms with Crippen LogP contribution in [-0.2, 0) is 5.60 Å². The summed E-state index contributed by atoms with van der Waals surface area (Å²) >= 11 is 0. The summed E-state index contributed by atoms with van der Waals surface area (Å²) in [4.78, 5) is 14.3. The molecular weight excluding hydrogens is 306 g/mol. The van der Waals surface area contributed by atoms with Crippen molar-refractivity contribution in [2.45, 2.75) is 66.2 Å². The Labute approximate surface area is 145 Å². The van der Waals surface area contributed by atoms with Crippen molar-refractivity contribution in [3.05, 3.63) is 23.2 Å². The second kappa shape index (κ2) is 8.53. The van der Waals surface area contributed by atoms with Gasteiger partial charge in [-0.15, -0.1) is 0 Å². The molecule has 0 aliphatic carbocycles. The summed E-state index contributed by atoms with van der Waals surface area (Å²) in [6.45, 7) is 15.4. The van der Waals surface area contributed by atoms with Gasteiger partial charge in [0.1, 0.15) is 17.1 Å². The Balaban J connectivity index is 2.44. The maximum absolute atomic E-state index is 12.0. The van der Waals surface area contributed by atoms with Crippen LogP contribution in [0.3, 0.4) is 0 Å². The van der Waals surface area contributed by atoms with E-state index in [9.17, 15) is 9.90 Å². The predicted molar refractivity (Wildman–Crippen MR) is 96.1 cm³/mol. The van der Waals surface area contributed by atoms with Crippen molar-refractivity contribution in [1.29, 1.82) is 0 Å². The van der Waals surface area contributed by atoms with E-state index in [4.69, 9.17) is 4.42 Å². The Morgan fingerprint density at radius 1 is 1.25 bits per heavy atom. The Hall–Kier alpha value is -1.53. The topological polar surface area (TPSA) is 77.7 Å². The van der Waals surface area contributed by atoms with Crippen LogP contribution in [-0.4, -0.2) is 47.8 Å². The number of hydrogen-bond acceptors (Lipinski definition) is 4. The number of urea groups is 1. The summed E-state index contributed by atoms with van der Waals surface area (Å²) in [5.74, 6) is 1.42. The highest BCUT2D eigenvalue weighted by Gasteiger charge is 2.28. The van der Waals surface area contributed by atoms with Crippen LogP contribution in [0.2, 0.25) is 0 Å². The summed E-state index contributed by atoms with van der Waals surface area (Å²) < 4.78 is 5.45. The number of rotatable bonds is 8. The molecule has 0 aromatic carbocycles. The molecule has 0 spiro atoms. The quantitative estimate of drug-likeness (QED) is 0.680. The van der Waals surface area contributed by atoms with Gasteiger partial charge < -0.3 is 20.2 Å². The predicted octanol–water partition coefficient (Wildman–Crippen LogP) is 2.52. The monoisotopic (exact) mass is 339 g/mol. The number of carbonyl (C=O) groups excluding carboxylic acids is 1. The Bertz CT molecular complexity index is 528. The standard InChI is InChI=1S/C18H33N3O3/c1-12(2)21(13(3)4)9-8-19-17(22)20-11-18(7,23)16-10-14(5)24-15(16)6/h10,12-13,23H,8-9,11H2,1-7H3,(H2,19,20,22). The molecule has 2 amide bonds. The van der Waals surface area contributed by atoms with Crippen molar-refractivity contribution in [3.8, 4) is 0 Å². The van der Waals surface area contributed by atoms with Gasteiger partial charge in [-0.2, -0.15) is 0 Å². The molecule has 24 heavy (non-hydrogen) atoms. The van der Waals surface area contributed by atoms with Crippen LogP contribution < -0.4 is 10.6 Å². The Morgan fingerprint density at radius 2 is 1.83 bits per heavy atom. The number of furan rings is 1. The van der Waals surface area contributed by atoms with Gasteiger partial charge in [0, 0.05) is 30.7 Å². The van der Waals surface area contributed by atoms with E-state index >= 15 is 0 Å². The van der Waals surface area contributed by atoms with Crippen molar-refractivity contribution in [2.24, 2.45) is 0 Å². The lowest BCUT2D eigenvalue weighted by Gasteiger charge is -2.30. The van der Waals surface area contributed by atoms with Crippen molar-refractivity contribution in [1.82, 2.24) is 15.5 Å². The molecule has 1 aromatic rings. The fraction of sp³-hybridized carbons (Fsp3) is 0.722. The molecule has 1 unspecified atom stereocenters. The van der Waals surface area contributed by atoms with Gasteiger partial charge in [-0.25, -0.2) is 4.79 Å². The first-order valence-corrected chi connectivity index (χ1v) is 8.62. The first-order valence-electron chi connectivity index (χ1n) is 8.62. The lowest BCUT2D eigenvalue weighted by Crippen LogP contribution is -2.47. The molecule has 138 valence electrons. The lowest BCUT2D eigenvalue weighted by atomic mass is 9.96. The number of hydrogen-bond donors (Lipinski definition) is 3. The zero-order valence-electron chi connectivity index (χ0n) is 16.1. The summed E-state index contributed by atoms with van der Waals surface area (Å²) in [6.07, 6.45) is 0. The third-order valence-electron chi connectivity index (χ3n) is 4.20. The van der Waals surface area contributed by atoms with E-state index in [1.54, 1.807) is 13.0 Å². The van der Waals surface area contributed by atoms with Crippen LogP contribution in [0.5, 0.6) is 0 Å². The molecule has 0 aliphatic rings. The molecular formula is C18H33N3O3. The van der Waals surface area contributed by atoms with Crippen LogP contribution in [0.25, 0.3) is 0 Å². The number of aryl methyl sites for hydroxylation is 2. The van der Waals surface area contributed by atoms with Crippen molar-refractivity contribution < 1.29 is 14.3 Å². The normalized spacial score (nSPS) is 14.3. The van der Waals surface area contributed by atoms with Crippen LogP contribution >= 0.6 is 0 Å². The fourth-order valence-corrected chi connectivity index (χ4v) is 2.99. The molecule has 0 saturated carbocycles. The van der Waals surface area contributed by atoms with Gasteiger partial charge in [-0.3, -0.25) is 4.90 Å². The molecule has 1 atom stereocenters. The van der Waals surface area contributed by atoms with Crippen LogP contribution in [0.15, 0.2) is 10.5 Å². The Morgan fingerprint density at radius 3 is 2.29 bits per heavy atom. The lowest BCUT2D eigenvalue weighted by molar-refractivity contribution is 0.0578. The molecule has 0 aliphatic heterocycles. The van der Waals surface area contributed by atoms with E-state index in [0.717, 1.165) is 12.3 Å². The number of nitrogens with one attached hydrogen (secondary N) is 2. The highest BCUT2D eigenvalue weighted by atomic mass is 16.3. The molecule has 0 bridgehead atoms. The zero-order valence-corrected chi connectivity index (χ0v) is 16.1. The van der Waals surface area contributed by atoms with Crippen LogP contribution in [0.1, 0.15) is 51.7 Å². The van der Waals surface area contributed by atoms with E-state index in [0.29, 0.717) is 30.0 Å². The smallest absolute Gasteiger partial charge is 0.314 e. The first kappa shape index (κ1) is 20.5. The number of amides is 2. The second-order valence-corrected chi connectivity index (χ2v) is 7.14. The molecule has 1 rings (SSSR count). The third kappa shape index (κ3) is 5.83. The molecule has 0 saturated heterocycles. The van der Waals surface area contributed by atoms with E-state index in [2.05, 4.69) is 43.2 Å². The van der Waals surface area contributed by atoms with Gasteiger partial charge in [0.15, 0.2) is 0 Å². The summed E-state index contributed by atoms with van der Waals surface area (Å²) in [5, 5.41) is 16.1. The van der Waals surface area contributed by atoms with Gasteiger partial charge >= 0.3 is 6.03 Å². The Kier molecular flexibility index (Phi) is 7.29. The molecule has 3 N–H and O–H groups in total. The number of aliphatic hydroxyl groups is 1. The summed E-state index contributed by atoms with van der Waals surface area (Å²) in [5.41, 5.74) is -0.466. The van der Waals surface area contributed by atoms with Gasteiger partial charge in [-0.1, -0.05) is 0 Å².